The van der Waals surface area contributed by atoms with Crippen LogP contribution in [-0.4, -0.2) is 36.4 Å². The summed E-state index contributed by atoms with van der Waals surface area (Å²) >= 11 is 0. The molecule has 6 nitrogen and oxygen atoms in total. The maximum Gasteiger partial charge on any atom is 0.259 e. The van der Waals surface area contributed by atoms with E-state index in [9.17, 15) is 14.4 Å². The number of hydrogen-bond donors (Lipinski definition) is 0. The average Bonchev–Trinajstić information content (AvgIpc) is 3.62. The third-order valence-corrected chi connectivity index (χ3v) is 7.67. The van der Waals surface area contributed by atoms with Gasteiger partial charge in [-0.25, -0.2) is 0 Å². The lowest BCUT2D eigenvalue weighted by Crippen LogP contribution is -2.45. The molecule has 2 aromatic carbocycles. The van der Waals surface area contributed by atoms with Crippen LogP contribution in [0.5, 0.6) is 5.75 Å². The average molecular weight is 428 g/mol. The standard InChI is InChI=1S/C26H24N2O4/c1-32-17-9-5-6-15(12-17)24(29)27(16-7-3-2-4-8-16)14-28-25(30)22-18-10-11-19(21-13-20(18)21)23(22)26(28)31/h2-12,18-23H,13-14H2,1H3/t18-,19-,20-,21-,22-,23+/m1/s1. The highest BCUT2D eigenvalue weighted by Gasteiger charge is 2.67. The van der Waals surface area contributed by atoms with Crippen molar-refractivity contribution in [3.8, 4) is 5.75 Å². The Bertz CT molecular complexity index is 1110. The summed E-state index contributed by atoms with van der Waals surface area (Å²) in [6.07, 6.45) is 5.44. The summed E-state index contributed by atoms with van der Waals surface area (Å²) in [6.45, 7) is -0.0838. The third kappa shape index (κ3) is 2.75. The van der Waals surface area contributed by atoms with Crippen LogP contribution in [0.4, 0.5) is 5.69 Å². The molecule has 2 saturated carbocycles. The molecule has 0 N–H and O–H groups in total. The highest BCUT2D eigenvalue weighted by atomic mass is 16.5. The van der Waals surface area contributed by atoms with Gasteiger partial charge in [0.15, 0.2) is 0 Å². The molecule has 0 unspecified atom stereocenters. The number of amides is 3. The Balaban J connectivity index is 1.33. The number of nitrogens with zero attached hydrogens (tertiary/aromatic N) is 2. The first-order valence-corrected chi connectivity index (χ1v) is 11.1. The van der Waals surface area contributed by atoms with Crippen molar-refractivity contribution in [2.75, 3.05) is 18.7 Å². The highest BCUT2D eigenvalue weighted by Crippen LogP contribution is 2.65. The van der Waals surface area contributed by atoms with Gasteiger partial charge in [-0.2, -0.15) is 0 Å². The van der Waals surface area contributed by atoms with Crippen LogP contribution in [0.2, 0.25) is 0 Å². The lowest BCUT2D eigenvalue weighted by atomic mass is 9.63. The first-order valence-electron chi connectivity index (χ1n) is 11.1. The lowest BCUT2D eigenvalue weighted by molar-refractivity contribution is -0.140. The molecule has 32 heavy (non-hydrogen) atoms. The van der Waals surface area contributed by atoms with E-state index in [1.165, 1.54) is 9.80 Å². The van der Waals surface area contributed by atoms with Gasteiger partial charge in [0.25, 0.3) is 5.91 Å². The molecule has 5 aliphatic rings. The summed E-state index contributed by atoms with van der Waals surface area (Å²) in [7, 11) is 1.55. The first kappa shape index (κ1) is 19.3. The van der Waals surface area contributed by atoms with Crippen molar-refractivity contribution in [1.82, 2.24) is 4.90 Å². The highest BCUT2D eigenvalue weighted by molar-refractivity contribution is 6.10. The molecule has 0 spiro atoms. The number of para-hydroxylation sites is 1. The quantitative estimate of drug-likeness (QED) is 0.541. The SMILES string of the molecule is COc1cccc(C(=O)N(CN2C(=O)[C@@H]3[C@@H]4C=C[C@H]([C@H]5C[C@H]45)[C@@H]3C2=O)c2ccccc2)c1. The largest absolute Gasteiger partial charge is 0.497 e. The predicted octanol–water partition coefficient (Wildman–Crippen LogP) is 3.35. The van der Waals surface area contributed by atoms with Gasteiger partial charge in [0.05, 0.1) is 18.9 Å². The molecular weight excluding hydrogens is 404 g/mol. The molecule has 1 saturated heterocycles. The Hall–Kier alpha value is -3.41. The number of likely N-dealkylation sites (tertiary alicyclic amines) is 1. The number of allylic oxidation sites excluding steroid dienone is 2. The Kier molecular flexibility index (Phi) is 4.25. The smallest absolute Gasteiger partial charge is 0.259 e. The summed E-state index contributed by atoms with van der Waals surface area (Å²) in [5, 5.41) is 0. The summed E-state index contributed by atoms with van der Waals surface area (Å²) in [4.78, 5) is 43.3. The maximum absolute atomic E-state index is 13.5. The molecule has 2 bridgehead atoms. The topological polar surface area (TPSA) is 66.9 Å². The molecular formula is C26H24N2O4. The van der Waals surface area contributed by atoms with Gasteiger partial charge in [0.1, 0.15) is 12.4 Å². The second-order valence-corrected chi connectivity index (χ2v) is 9.20. The number of ether oxygens (including phenoxy) is 1. The third-order valence-electron chi connectivity index (χ3n) is 7.67. The van der Waals surface area contributed by atoms with Crippen molar-refractivity contribution in [1.29, 1.82) is 0 Å². The summed E-state index contributed by atoms with van der Waals surface area (Å²) in [5.74, 6) is 0.897. The van der Waals surface area contributed by atoms with Gasteiger partial charge in [-0.05, 0) is 60.4 Å². The van der Waals surface area contributed by atoms with E-state index in [1.807, 2.05) is 30.3 Å². The van der Waals surface area contributed by atoms with Crippen molar-refractivity contribution in [2.45, 2.75) is 6.42 Å². The van der Waals surface area contributed by atoms with Crippen LogP contribution in [0.15, 0.2) is 66.7 Å². The van der Waals surface area contributed by atoms with E-state index in [4.69, 9.17) is 4.74 Å². The maximum atomic E-state index is 13.5. The predicted molar refractivity (Wildman–Crippen MR) is 118 cm³/mol. The number of benzene rings is 2. The van der Waals surface area contributed by atoms with Gasteiger partial charge in [-0.15, -0.1) is 0 Å². The van der Waals surface area contributed by atoms with Crippen LogP contribution in [0.3, 0.4) is 0 Å². The van der Waals surface area contributed by atoms with Crippen LogP contribution < -0.4 is 9.64 Å². The normalized spacial score (nSPS) is 31.3. The number of rotatable bonds is 5. The molecule has 3 amide bonds. The fourth-order valence-electron chi connectivity index (χ4n) is 6.08. The Morgan fingerprint density at radius 3 is 2.25 bits per heavy atom. The molecule has 3 fully saturated rings. The Labute approximate surface area is 186 Å². The van der Waals surface area contributed by atoms with Crippen molar-refractivity contribution < 1.29 is 19.1 Å². The Morgan fingerprint density at radius 1 is 0.969 bits per heavy atom. The molecule has 4 aliphatic carbocycles. The second kappa shape index (κ2) is 7.05. The van der Waals surface area contributed by atoms with Gasteiger partial charge in [0.2, 0.25) is 11.8 Å². The zero-order chi connectivity index (χ0) is 22.0. The zero-order valence-electron chi connectivity index (χ0n) is 17.8. The number of hydrogen-bond acceptors (Lipinski definition) is 4. The molecule has 0 radical (unpaired) electrons. The van der Waals surface area contributed by atoms with Crippen molar-refractivity contribution in [3.63, 3.8) is 0 Å². The Morgan fingerprint density at radius 2 is 1.62 bits per heavy atom. The molecule has 162 valence electrons. The van der Waals surface area contributed by atoms with Crippen LogP contribution in [0.25, 0.3) is 0 Å². The summed E-state index contributed by atoms with van der Waals surface area (Å²) in [6, 6.07) is 16.1. The van der Waals surface area contributed by atoms with E-state index in [0.717, 1.165) is 6.42 Å². The number of methoxy groups -OCH3 is 1. The molecule has 1 heterocycles. The minimum absolute atomic E-state index is 0.0838. The molecule has 6 heteroatoms. The fourth-order valence-corrected chi connectivity index (χ4v) is 6.08. The zero-order valence-corrected chi connectivity index (χ0v) is 17.8. The van der Waals surface area contributed by atoms with Crippen LogP contribution >= 0.6 is 0 Å². The van der Waals surface area contributed by atoms with Gasteiger partial charge in [-0.1, -0.05) is 36.4 Å². The molecule has 7 rings (SSSR count). The van der Waals surface area contributed by atoms with Gasteiger partial charge < -0.3 is 4.74 Å². The second-order valence-electron chi connectivity index (χ2n) is 9.20. The molecule has 0 aromatic heterocycles. The van der Waals surface area contributed by atoms with Crippen molar-refractivity contribution >= 4 is 23.4 Å². The number of anilines is 1. The van der Waals surface area contributed by atoms with E-state index >= 15 is 0 Å². The van der Waals surface area contributed by atoms with Crippen LogP contribution in [-0.2, 0) is 9.59 Å². The van der Waals surface area contributed by atoms with Crippen molar-refractivity contribution in [3.05, 3.63) is 72.3 Å². The summed E-state index contributed by atoms with van der Waals surface area (Å²) < 4.78 is 5.27. The van der Waals surface area contributed by atoms with Gasteiger partial charge in [-0.3, -0.25) is 24.2 Å². The van der Waals surface area contributed by atoms with E-state index < -0.39 is 0 Å². The number of carbonyl (C=O) groups is 3. The van der Waals surface area contributed by atoms with Crippen molar-refractivity contribution in [2.24, 2.45) is 35.5 Å². The van der Waals surface area contributed by atoms with E-state index in [0.29, 0.717) is 28.8 Å². The van der Waals surface area contributed by atoms with Gasteiger partial charge >= 0.3 is 0 Å². The van der Waals surface area contributed by atoms with E-state index in [2.05, 4.69) is 12.2 Å². The van der Waals surface area contributed by atoms with Crippen LogP contribution in [0.1, 0.15) is 16.8 Å². The number of carbonyl (C=O) groups excluding carboxylic acids is 3. The molecule has 6 atom stereocenters. The van der Waals surface area contributed by atoms with E-state index in [1.54, 1.807) is 31.4 Å². The minimum Gasteiger partial charge on any atom is -0.497 e. The van der Waals surface area contributed by atoms with Gasteiger partial charge in [0, 0.05) is 11.3 Å². The molecule has 1 aliphatic heterocycles. The monoisotopic (exact) mass is 428 g/mol. The molecule has 2 aromatic rings. The van der Waals surface area contributed by atoms with Crippen LogP contribution in [0, 0.1) is 35.5 Å². The van der Waals surface area contributed by atoms with E-state index in [-0.39, 0.29) is 48.1 Å². The first-order chi connectivity index (χ1) is 15.6. The minimum atomic E-state index is -0.283. The lowest BCUT2D eigenvalue weighted by Gasteiger charge is -2.37. The summed E-state index contributed by atoms with van der Waals surface area (Å²) in [5.41, 5.74) is 1.08. The fraction of sp³-hybridized carbons (Fsp3) is 0.346. The number of imide groups is 1.